The van der Waals surface area contributed by atoms with Gasteiger partial charge in [0.05, 0.1) is 0 Å². The van der Waals surface area contributed by atoms with Gasteiger partial charge in [0, 0.05) is 35.7 Å². The van der Waals surface area contributed by atoms with Crippen LogP contribution in [0.1, 0.15) is 16.1 Å². The molecule has 0 radical (unpaired) electrons. The molecule has 162 valence electrons. The van der Waals surface area contributed by atoms with Crippen LogP contribution in [0.5, 0.6) is 5.75 Å². The number of amides is 3. The lowest BCUT2D eigenvalue weighted by molar-refractivity contribution is -0.136. The number of hydrogen-bond donors (Lipinski definition) is 4. The summed E-state index contributed by atoms with van der Waals surface area (Å²) in [6, 6.07) is 9.57. The summed E-state index contributed by atoms with van der Waals surface area (Å²) < 4.78 is 43.1. The molecule has 1 aromatic heterocycles. The van der Waals surface area contributed by atoms with Crippen molar-refractivity contribution in [2.75, 3.05) is 12.4 Å². The molecule has 0 spiro atoms. The zero-order valence-corrected chi connectivity index (χ0v) is 16.1. The number of alkyl halides is 2. The van der Waals surface area contributed by atoms with Crippen LogP contribution in [0.3, 0.4) is 0 Å². The van der Waals surface area contributed by atoms with Gasteiger partial charge >= 0.3 is 18.4 Å². The van der Waals surface area contributed by atoms with Crippen molar-refractivity contribution < 1.29 is 32.3 Å². The Kier molecular flexibility index (Phi) is 6.43. The minimum Gasteiger partial charge on any atom is -0.434 e. The lowest BCUT2D eigenvalue weighted by atomic mass is 10.2. The van der Waals surface area contributed by atoms with Crippen LogP contribution in [0.4, 0.5) is 18.9 Å². The first kappa shape index (κ1) is 21.7. The Balaban J connectivity index is 1.66. The van der Waals surface area contributed by atoms with Crippen molar-refractivity contribution in [1.82, 2.24) is 15.6 Å². The van der Waals surface area contributed by atoms with E-state index in [0.717, 1.165) is 12.1 Å². The number of nitrogens with one attached hydrogen (secondary N) is 4. The van der Waals surface area contributed by atoms with E-state index in [-0.39, 0.29) is 17.2 Å². The SMILES string of the molecule is CNC(=O)c1cc2cc(NC(=O)C(=O)NCc3c(F)cccc3OC(F)F)ccc2[nH]1. The second-order valence-electron chi connectivity index (χ2n) is 6.30. The number of hydrogen-bond acceptors (Lipinski definition) is 4. The summed E-state index contributed by atoms with van der Waals surface area (Å²) in [5.41, 5.74) is 0.930. The number of halogens is 3. The summed E-state index contributed by atoms with van der Waals surface area (Å²) in [6.07, 6.45) is 0. The van der Waals surface area contributed by atoms with Crippen LogP contribution in [0.2, 0.25) is 0 Å². The van der Waals surface area contributed by atoms with Crippen LogP contribution in [0.15, 0.2) is 42.5 Å². The number of rotatable bonds is 6. The Morgan fingerprint density at radius 3 is 2.58 bits per heavy atom. The summed E-state index contributed by atoms with van der Waals surface area (Å²) in [4.78, 5) is 38.8. The number of benzene rings is 2. The van der Waals surface area contributed by atoms with E-state index in [1.165, 1.54) is 19.2 Å². The average Bonchev–Trinajstić information content (AvgIpc) is 3.15. The predicted molar refractivity (Wildman–Crippen MR) is 105 cm³/mol. The minimum absolute atomic E-state index is 0.280. The van der Waals surface area contributed by atoms with Crippen LogP contribution in [0, 0.1) is 5.82 Å². The first-order chi connectivity index (χ1) is 14.8. The third kappa shape index (κ3) is 5.13. The van der Waals surface area contributed by atoms with Crippen molar-refractivity contribution in [2.45, 2.75) is 13.2 Å². The number of aromatic nitrogens is 1. The summed E-state index contributed by atoms with van der Waals surface area (Å²) in [6.45, 7) is -3.71. The fourth-order valence-corrected chi connectivity index (χ4v) is 2.82. The van der Waals surface area contributed by atoms with Crippen LogP contribution < -0.4 is 20.7 Å². The molecule has 3 amide bonds. The Morgan fingerprint density at radius 2 is 1.87 bits per heavy atom. The maximum absolute atomic E-state index is 13.9. The molecular weight excluding hydrogens is 417 g/mol. The minimum atomic E-state index is -3.17. The first-order valence-electron chi connectivity index (χ1n) is 8.94. The van der Waals surface area contributed by atoms with Gasteiger partial charge in [-0.1, -0.05) is 6.07 Å². The Morgan fingerprint density at radius 1 is 1.10 bits per heavy atom. The zero-order valence-electron chi connectivity index (χ0n) is 16.1. The highest BCUT2D eigenvalue weighted by molar-refractivity contribution is 6.39. The van der Waals surface area contributed by atoms with Crippen molar-refractivity contribution >= 4 is 34.3 Å². The third-order valence-electron chi connectivity index (χ3n) is 4.27. The molecule has 31 heavy (non-hydrogen) atoms. The second-order valence-corrected chi connectivity index (χ2v) is 6.30. The Hall–Kier alpha value is -4.02. The molecule has 3 rings (SSSR count). The number of ether oxygens (including phenoxy) is 1. The topological polar surface area (TPSA) is 112 Å². The van der Waals surface area contributed by atoms with Crippen molar-refractivity contribution in [2.24, 2.45) is 0 Å². The standard InChI is InChI=1S/C20H17F3N4O4/c1-24-17(28)15-8-10-7-11(5-6-14(10)27-15)26-19(30)18(29)25-9-12-13(21)3-2-4-16(12)31-20(22)23/h2-8,20,27H,9H2,1H3,(H,24,28)(H,25,29)(H,26,30). The van der Waals surface area contributed by atoms with E-state index >= 15 is 0 Å². The molecule has 0 fully saturated rings. The summed E-state index contributed by atoms with van der Waals surface area (Å²) >= 11 is 0. The smallest absolute Gasteiger partial charge is 0.387 e. The molecule has 0 aliphatic heterocycles. The summed E-state index contributed by atoms with van der Waals surface area (Å²) in [7, 11) is 1.49. The molecule has 0 atom stereocenters. The highest BCUT2D eigenvalue weighted by atomic mass is 19.3. The van der Waals surface area contributed by atoms with Crippen LogP contribution in [-0.2, 0) is 16.1 Å². The number of carbonyl (C=O) groups excluding carboxylic acids is 3. The van der Waals surface area contributed by atoms with E-state index in [1.54, 1.807) is 18.2 Å². The Labute approximate surface area is 173 Å². The van der Waals surface area contributed by atoms with Gasteiger partial charge in [0.1, 0.15) is 17.3 Å². The molecule has 11 heteroatoms. The maximum Gasteiger partial charge on any atom is 0.387 e. The maximum atomic E-state index is 13.9. The molecule has 0 unspecified atom stereocenters. The highest BCUT2D eigenvalue weighted by Crippen LogP contribution is 2.23. The van der Waals surface area contributed by atoms with Gasteiger partial charge in [-0.05, 0) is 36.4 Å². The third-order valence-corrected chi connectivity index (χ3v) is 4.27. The van der Waals surface area contributed by atoms with E-state index in [4.69, 9.17) is 0 Å². The van der Waals surface area contributed by atoms with Gasteiger partial charge in [-0.2, -0.15) is 8.78 Å². The molecule has 0 saturated carbocycles. The van der Waals surface area contributed by atoms with Gasteiger partial charge in [-0.15, -0.1) is 0 Å². The van der Waals surface area contributed by atoms with E-state index in [0.29, 0.717) is 16.6 Å². The zero-order chi connectivity index (χ0) is 22.5. The Bertz CT molecular complexity index is 1150. The molecule has 0 saturated heterocycles. The van der Waals surface area contributed by atoms with Crippen LogP contribution in [-0.4, -0.2) is 36.4 Å². The highest BCUT2D eigenvalue weighted by Gasteiger charge is 2.18. The average molecular weight is 434 g/mol. The number of aromatic amines is 1. The van der Waals surface area contributed by atoms with Crippen molar-refractivity contribution in [3.05, 3.63) is 59.5 Å². The first-order valence-corrected chi connectivity index (χ1v) is 8.94. The van der Waals surface area contributed by atoms with E-state index in [9.17, 15) is 27.6 Å². The van der Waals surface area contributed by atoms with E-state index in [1.807, 2.05) is 0 Å². The number of carbonyl (C=O) groups is 3. The number of fused-ring (bicyclic) bond motifs is 1. The largest absolute Gasteiger partial charge is 0.434 e. The van der Waals surface area contributed by atoms with Gasteiger partial charge < -0.3 is 25.7 Å². The molecule has 8 nitrogen and oxygen atoms in total. The van der Waals surface area contributed by atoms with Gasteiger partial charge in [0.25, 0.3) is 5.91 Å². The van der Waals surface area contributed by atoms with Gasteiger partial charge in [0.15, 0.2) is 0 Å². The molecule has 3 aromatic rings. The molecule has 0 aliphatic carbocycles. The molecule has 0 bridgehead atoms. The van der Waals surface area contributed by atoms with Crippen LogP contribution >= 0.6 is 0 Å². The lowest BCUT2D eigenvalue weighted by Crippen LogP contribution is -2.35. The number of anilines is 1. The summed E-state index contributed by atoms with van der Waals surface area (Å²) in [5, 5.41) is 7.64. The normalized spacial score (nSPS) is 10.7. The van der Waals surface area contributed by atoms with E-state index < -0.39 is 36.5 Å². The quantitative estimate of drug-likeness (QED) is 0.447. The fourth-order valence-electron chi connectivity index (χ4n) is 2.82. The van der Waals surface area contributed by atoms with Gasteiger partial charge in [0.2, 0.25) is 0 Å². The van der Waals surface area contributed by atoms with Gasteiger partial charge in [-0.3, -0.25) is 14.4 Å². The van der Waals surface area contributed by atoms with Crippen molar-refractivity contribution in [3.63, 3.8) is 0 Å². The summed E-state index contributed by atoms with van der Waals surface area (Å²) in [5.74, 6) is -3.78. The fraction of sp³-hybridized carbons (Fsp3) is 0.150. The molecular formula is C20H17F3N4O4. The van der Waals surface area contributed by atoms with Crippen molar-refractivity contribution in [1.29, 1.82) is 0 Å². The predicted octanol–water partition coefficient (Wildman–Crippen LogP) is 2.52. The van der Waals surface area contributed by atoms with Crippen LogP contribution in [0.25, 0.3) is 10.9 Å². The molecule has 4 N–H and O–H groups in total. The molecule has 1 heterocycles. The number of H-pyrrole nitrogens is 1. The monoisotopic (exact) mass is 434 g/mol. The van der Waals surface area contributed by atoms with Gasteiger partial charge in [-0.25, -0.2) is 4.39 Å². The second kappa shape index (κ2) is 9.20. The van der Waals surface area contributed by atoms with Crippen molar-refractivity contribution in [3.8, 4) is 5.75 Å². The lowest BCUT2D eigenvalue weighted by Gasteiger charge is -2.12. The molecule has 2 aromatic carbocycles. The molecule has 0 aliphatic rings. The van der Waals surface area contributed by atoms with E-state index in [2.05, 4.69) is 25.7 Å².